The van der Waals surface area contributed by atoms with E-state index in [1.807, 2.05) is 0 Å². The number of rotatable bonds is 1. The molecule has 0 aliphatic rings. The molecule has 5 heteroatoms. The molecule has 0 aromatic carbocycles. The molecule has 1 aromatic rings. The summed E-state index contributed by atoms with van der Waals surface area (Å²) in [6.07, 6.45) is 0. The molecule has 0 aliphatic carbocycles. The summed E-state index contributed by atoms with van der Waals surface area (Å²) >= 11 is 1.39. The number of carbonyl (C=O) groups excluding carboxylic acids is 1. The van der Waals surface area contributed by atoms with Crippen LogP contribution in [0.25, 0.3) is 10.4 Å². The monoisotopic (exact) mass is 153 g/mol. The summed E-state index contributed by atoms with van der Waals surface area (Å²) in [6, 6.07) is 1.61. The normalized spacial score (nSPS) is 8.40. The highest BCUT2D eigenvalue weighted by Crippen LogP contribution is 2.06. The maximum Gasteiger partial charge on any atom is 0.249 e. The lowest BCUT2D eigenvalue weighted by Crippen LogP contribution is -1.87. The van der Waals surface area contributed by atoms with Crippen LogP contribution in [0, 0.1) is 0 Å². The highest BCUT2D eigenvalue weighted by molar-refractivity contribution is 7.08. The van der Waals surface area contributed by atoms with E-state index in [1.165, 1.54) is 11.3 Å². The summed E-state index contributed by atoms with van der Waals surface area (Å²) in [5, 5.41) is 6.30. The molecule has 1 heterocycles. The molecular weight excluding hydrogens is 150 g/mol. The Labute approximate surface area is 60.7 Å². The Bertz CT molecular complexity index is 273. The van der Waals surface area contributed by atoms with Gasteiger partial charge in [-0.1, -0.05) is 0 Å². The Kier molecular flexibility index (Phi) is 2.04. The Morgan fingerprint density at radius 1 is 1.80 bits per heavy atom. The predicted octanol–water partition coefficient (Wildman–Crippen LogP) is 2.20. The van der Waals surface area contributed by atoms with Gasteiger partial charge in [-0.2, -0.15) is 11.3 Å². The third-order valence-corrected chi connectivity index (χ3v) is 1.59. The van der Waals surface area contributed by atoms with Crippen LogP contribution >= 0.6 is 11.3 Å². The second-order valence-electron chi connectivity index (χ2n) is 1.51. The number of azide groups is 1. The van der Waals surface area contributed by atoms with Crippen molar-refractivity contribution in [3.63, 3.8) is 0 Å². The Balaban J connectivity index is 2.87. The van der Waals surface area contributed by atoms with Crippen LogP contribution in [-0.2, 0) is 0 Å². The third-order valence-electron chi connectivity index (χ3n) is 0.904. The van der Waals surface area contributed by atoms with Crippen molar-refractivity contribution in [3.05, 3.63) is 32.8 Å². The predicted molar refractivity (Wildman–Crippen MR) is 37.8 cm³/mol. The first-order valence-electron chi connectivity index (χ1n) is 2.46. The molecule has 0 saturated carbocycles. The Morgan fingerprint density at radius 2 is 2.60 bits per heavy atom. The van der Waals surface area contributed by atoms with Crippen LogP contribution in [0.5, 0.6) is 0 Å². The van der Waals surface area contributed by atoms with E-state index in [4.69, 9.17) is 5.53 Å². The molecule has 4 nitrogen and oxygen atoms in total. The van der Waals surface area contributed by atoms with Crippen LogP contribution in [0.4, 0.5) is 0 Å². The first-order chi connectivity index (χ1) is 4.84. The number of carbonyl (C=O) groups is 1. The molecule has 1 aromatic heterocycles. The van der Waals surface area contributed by atoms with Crippen LogP contribution in [-0.4, -0.2) is 5.91 Å². The van der Waals surface area contributed by atoms with Crippen molar-refractivity contribution in [3.8, 4) is 0 Å². The fourth-order valence-corrected chi connectivity index (χ4v) is 1.11. The van der Waals surface area contributed by atoms with Gasteiger partial charge >= 0.3 is 0 Å². The maximum absolute atomic E-state index is 10.7. The lowest BCUT2D eigenvalue weighted by atomic mass is 10.3. The van der Waals surface area contributed by atoms with Gasteiger partial charge in [-0.25, -0.2) is 0 Å². The van der Waals surface area contributed by atoms with Crippen molar-refractivity contribution in [2.75, 3.05) is 0 Å². The lowest BCUT2D eigenvalue weighted by molar-refractivity contribution is 0.100. The van der Waals surface area contributed by atoms with Crippen molar-refractivity contribution in [2.24, 2.45) is 5.11 Å². The second-order valence-corrected chi connectivity index (χ2v) is 2.29. The molecule has 1 rings (SSSR count). The molecule has 1 amide bonds. The van der Waals surface area contributed by atoms with E-state index < -0.39 is 5.91 Å². The van der Waals surface area contributed by atoms with Gasteiger partial charge in [0.15, 0.2) is 0 Å². The summed E-state index contributed by atoms with van der Waals surface area (Å²) < 4.78 is 0. The second kappa shape index (κ2) is 3.00. The van der Waals surface area contributed by atoms with Gasteiger partial charge in [-0.3, -0.25) is 4.79 Å². The highest BCUT2D eigenvalue weighted by atomic mass is 32.1. The fraction of sp³-hybridized carbons (Fsp3) is 0. The summed E-state index contributed by atoms with van der Waals surface area (Å²) in [7, 11) is 0. The van der Waals surface area contributed by atoms with Crippen LogP contribution in [0.3, 0.4) is 0 Å². The van der Waals surface area contributed by atoms with E-state index in [0.29, 0.717) is 5.56 Å². The lowest BCUT2D eigenvalue weighted by Gasteiger charge is -1.80. The van der Waals surface area contributed by atoms with E-state index in [0.717, 1.165) is 0 Å². The van der Waals surface area contributed by atoms with Crippen molar-refractivity contribution < 1.29 is 4.79 Å². The fourth-order valence-electron chi connectivity index (χ4n) is 0.485. The first-order valence-corrected chi connectivity index (χ1v) is 3.40. The zero-order chi connectivity index (χ0) is 7.40. The van der Waals surface area contributed by atoms with E-state index in [-0.39, 0.29) is 0 Å². The standard InChI is InChI=1S/C5H3N3OS/c6-8-7-5(9)4-1-2-10-3-4/h1-3H. The average molecular weight is 153 g/mol. The molecule has 50 valence electrons. The summed E-state index contributed by atoms with van der Waals surface area (Å²) in [5.41, 5.74) is 8.32. The minimum atomic E-state index is -0.524. The molecule has 0 unspecified atom stereocenters. The van der Waals surface area contributed by atoms with E-state index >= 15 is 0 Å². The van der Waals surface area contributed by atoms with Crippen molar-refractivity contribution in [1.29, 1.82) is 0 Å². The number of amides is 1. The average Bonchev–Trinajstić information content (AvgIpc) is 2.38. The summed E-state index contributed by atoms with van der Waals surface area (Å²) in [4.78, 5) is 13.1. The molecule has 0 bridgehead atoms. The number of thiophene rings is 1. The zero-order valence-corrected chi connectivity index (χ0v) is 5.71. The molecule has 0 radical (unpaired) electrons. The third kappa shape index (κ3) is 1.34. The SMILES string of the molecule is [N-]=[N+]=NC(=O)c1ccsc1. The molecule has 0 aliphatic heterocycles. The minimum absolute atomic E-state index is 0.447. The van der Waals surface area contributed by atoms with Gasteiger partial charge in [0.05, 0.1) is 0 Å². The van der Waals surface area contributed by atoms with Crippen molar-refractivity contribution in [2.45, 2.75) is 0 Å². The quantitative estimate of drug-likeness (QED) is 0.346. The van der Waals surface area contributed by atoms with E-state index in [1.54, 1.807) is 16.8 Å². The first kappa shape index (κ1) is 6.80. The van der Waals surface area contributed by atoms with Crippen molar-refractivity contribution in [1.82, 2.24) is 0 Å². The zero-order valence-electron chi connectivity index (χ0n) is 4.89. The van der Waals surface area contributed by atoms with Crippen LogP contribution in [0.1, 0.15) is 10.4 Å². The van der Waals surface area contributed by atoms with Gasteiger partial charge in [0, 0.05) is 15.9 Å². The van der Waals surface area contributed by atoms with Crippen LogP contribution in [0.2, 0.25) is 0 Å². The van der Waals surface area contributed by atoms with E-state index in [9.17, 15) is 4.79 Å². The van der Waals surface area contributed by atoms with Crippen molar-refractivity contribution >= 4 is 17.2 Å². The number of nitrogens with zero attached hydrogens (tertiary/aromatic N) is 3. The highest BCUT2D eigenvalue weighted by Gasteiger charge is 2.00. The maximum atomic E-state index is 10.7. The molecule has 10 heavy (non-hydrogen) atoms. The number of hydrogen-bond acceptors (Lipinski definition) is 2. The van der Waals surface area contributed by atoms with Gasteiger partial charge < -0.3 is 0 Å². The number of hydrogen-bond donors (Lipinski definition) is 0. The minimum Gasteiger partial charge on any atom is -0.287 e. The largest absolute Gasteiger partial charge is 0.287 e. The molecular formula is C5H3N3OS. The Morgan fingerprint density at radius 3 is 3.10 bits per heavy atom. The van der Waals surface area contributed by atoms with Crippen LogP contribution in [0.15, 0.2) is 21.9 Å². The molecule has 0 fully saturated rings. The van der Waals surface area contributed by atoms with Gasteiger partial charge in [0.1, 0.15) is 0 Å². The summed E-state index contributed by atoms with van der Waals surface area (Å²) in [6.45, 7) is 0. The van der Waals surface area contributed by atoms with Gasteiger partial charge in [-0.05, 0) is 22.1 Å². The Hall–Kier alpha value is -1.32. The van der Waals surface area contributed by atoms with Gasteiger partial charge in [0.25, 0.3) is 0 Å². The molecule has 0 spiro atoms. The van der Waals surface area contributed by atoms with E-state index in [2.05, 4.69) is 10.0 Å². The molecule has 0 N–H and O–H groups in total. The van der Waals surface area contributed by atoms with Gasteiger partial charge in [-0.15, -0.1) is 0 Å². The smallest absolute Gasteiger partial charge is 0.249 e. The summed E-state index contributed by atoms with van der Waals surface area (Å²) in [5.74, 6) is -0.524. The molecule has 0 saturated heterocycles. The van der Waals surface area contributed by atoms with Gasteiger partial charge in [0.2, 0.25) is 5.91 Å². The molecule has 0 atom stereocenters. The van der Waals surface area contributed by atoms with Crippen LogP contribution < -0.4 is 0 Å². The topological polar surface area (TPSA) is 65.8 Å².